The van der Waals surface area contributed by atoms with E-state index in [4.69, 9.17) is 26.4 Å². The third-order valence-corrected chi connectivity index (χ3v) is 1.16. The summed E-state index contributed by atoms with van der Waals surface area (Å²) in [6.45, 7) is 0. The third kappa shape index (κ3) is 6.91. The molecule has 0 aromatic heterocycles. The van der Waals surface area contributed by atoms with Crippen LogP contribution in [0.2, 0.25) is 0 Å². The number of guanidine groups is 1. The van der Waals surface area contributed by atoms with E-state index in [0.717, 1.165) is 0 Å². The van der Waals surface area contributed by atoms with Gasteiger partial charge in [0.25, 0.3) is 0 Å². The lowest BCUT2D eigenvalue weighted by Gasteiger charge is -1.89. The first-order valence-corrected chi connectivity index (χ1v) is 3.80. The Balaban J connectivity index is 0.000000487. The predicted molar refractivity (Wildman–Crippen MR) is 50.6 cm³/mol. The lowest BCUT2D eigenvalue weighted by Crippen LogP contribution is -2.43. The van der Waals surface area contributed by atoms with Gasteiger partial charge in [-0.2, -0.15) is 0 Å². The van der Waals surface area contributed by atoms with Crippen LogP contribution in [0.4, 0.5) is 5.69 Å². The second-order valence-corrected chi connectivity index (χ2v) is 2.29. The summed E-state index contributed by atoms with van der Waals surface area (Å²) >= 11 is 0. The monoisotopic (exact) mass is 227 g/mol. The molecule has 0 saturated carbocycles. The van der Waals surface area contributed by atoms with Crippen LogP contribution in [0.15, 0.2) is 39.8 Å². The Bertz CT molecular complexity index is 364. The van der Waals surface area contributed by atoms with Gasteiger partial charge >= 0.3 is 5.96 Å². The van der Waals surface area contributed by atoms with Crippen molar-refractivity contribution in [3.63, 3.8) is 0 Å². The standard InChI is InChI=1S/C7H8N4O.HNO3/c8-7(9)11-10-5-1-3-6(12)4-2-5;2-1-4-3/h1-4,12H,(H3,8,9);3H. The number of nitrogens with two attached hydrogens (primary N) is 2. The highest BCUT2D eigenvalue weighted by atomic mass is 17.2. The molecule has 0 heterocycles. The van der Waals surface area contributed by atoms with Crippen molar-refractivity contribution in [2.24, 2.45) is 21.3 Å². The molecule has 0 aliphatic heterocycles. The fourth-order valence-electron chi connectivity index (χ4n) is 0.635. The van der Waals surface area contributed by atoms with Gasteiger partial charge in [-0.05, 0) is 24.3 Å². The average Bonchev–Trinajstić information content (AvgIpc) is 2.28. The van der Waals surface area contributed by atoms with E-state index < -0.39 is 0 Å². The summed E-state index contributed by atoms with van der Waals surface area (Å²) in [6, 6.07) is 6.20. The first-order chi connectivity index (χ1) is 7.60. The maximum atomic E-state index is 8.91. The van der Waals surface area contributed by atoms with Crippen molar-refractivity contribution < 1.29 is 20.8 Å². The smallest absolute Gasteiger partial charge is 0.403 e. The van der Waals surface area contributed by atoms with Crippen molar-refractivity contribution in [1.29, 1.82) is 0 Å². The largest absolute Gasteiger partial charge is 0.635 e. The Kier molecular flexibility index (Phi) is 6.57. The molecular formula is C7H9N5O4. The van der Waals surface area contributed by atoms with E-state index >= 15 is 0 Å². The Morgan fingerprint density at radius 1 is 1.44 bits per heavy atom. The minimum atomic E-state index is -0.0944. The van der Waals surface area contributed by atoms with Crippen LogP contribution in [-0.4, -0.2) is 11.1 Å². The van der Waals surface area contributed by atoms with E-state index in [2.05, 4.69) is 15.2 Å². The van der Waals surface area contributed by atoms with E-state index in [-0.39, 0.29) is 11.7 Å². The van der Waals surface area contributed by atoms with Crippen LogP contribution in [0, 0.1) is 4.91 Å². The van der Waals surface area contributed by atoms with Crippen LogP contribution in [0.25, 0.3) is 0 Å². The zero-order valence-corrected chi connectivity index (χ0v) is 7.98. The fraction of sp³-hybridized carbons (Fsp3) is 0. The molecule has 0 atom stereocenters. The number of nitrogens with zero attached hydrogens (tertiary/aromatic N) is 3. The van der Waals surface area contributed by atoms with Gasteiger partial charge in [0.05, 0.1) is 0 Å². The minimum Gasteiger partial charge on any atom is -0.635 e. The number of hydrogen-bond acceptors (Lipinski definition) is 6. The number of azo groups is 1. The lowest BCUT2D eigenvalue weighted by molar-refractivity contribution is -0.692. The number of hydrogen-bond donors (Lipinski definition) is 3. The quantitative estimate of drug-likeness (QED) is 0.140. The maximum Gasteiger partial charge on any atom is 0.403 e. The molecule has 1 rings (SSSR count). The normalized spacial score (nSPS) is 9.06. The number of benzene rings is 1. The van der Waals surface area contributed by atoms with Crippen LogP contribution >= 0.6 is 0 Å². The summed E-state index contributed by atoms with van der Waals surface area (Å²) in [5, 5.41) is 30.8. The SMILES string of the molecule is NC(=[NH2+])N=Nc1ccc(O)cc1.O=NO[O-]. The zero-order valence-electron chi connectivity index (χ0n) is 7.98. The van der Waals surface area contributed by atoms with Gasteiger partial charge in [0, 0.05) is 5.11 Å². The highest BCUT2D eigenvalue weighted by Crippen LogP contribution is 2.16. The van der Waals surface area contributed by atoms with Crippen molar-refractivity contribution in [3.8, 4) is 5.75 Å². The molecule has 0 amide bonds. The topological polar surface area (TPSA) is 158 Å². The predicted octanol–water partition coefficient (Wildman–Crippen LogP) is -1.49. The first-order valence-electron chi connectivity index (χ1n) is 3.80. The molecule has 5 N–H and O–H groups in total. The van der Waals surface area contributed by atoms with E-state index in [1.165, 1.54) is 17.5 Å². The van der Waals surface area contributed by atoms with Gasteiger partial charge in [0.1, 0.15) is 16.8 Å². The average molecular weight is 227 g/mol. The number of phenolic OH excluding ortho intramolecular Hbond substituents is 1. The van der Waals surface area contributed by atoms with Crippen molar-refractivity contribution in [3.05, 3.63) is 29.2 Å². The highest BCUT2D eigenvalue weighted by Gasteiger charge is 1.93. The molecule has 0 unspecified atom stereocenters. The maximum absolute atomic E-state index is 8.91. The number of aromatic hydroxyl groups is 1. The molecule has 0 saturated heterocycles. The molecule has 86 valence electrons. The van der Waals surface area contributed by atoms with Crippen LogP contribution in [0.1, 0.15) is 0 Å². The lowest BCUT2D eigenvalue weighted by atomic mass is 10.3. The summed E-state index contributed by atoms with van der Waals surface area (Å²) < 4.78 is 0. The van der Waals surface area contributed by atoms with Crippen LogP contribution in [0.3, 0.4) is 0 Å². The van der Waals surface area contributed by atoms with E-state index in [9.17, 15) is 0 Å². The van der Waals surface area contributed by atoms with Gasteiger partial charge in [-0.1, -0.05) is 5.11 Å². The van der Waals surface area contributed by atoms with Gasteiger partial charge in [0.15, 0.2) is 0 Å². The molecule has 1 aromatic rings. The number of phenols is 1. The molecule has 9 heteroatoms. The van der Waals surface area contributed by atoms with Gasteiger partial charge in [-0.25, -0.2) is 0 Å². The second kappa shape index (κ2) is 7.82. The Morgan fingerprint density at radius 3 is 2.31 bits per heavy atom. The van der Waals surface area contributed by atoms with E-state index in [1.54, 1.807) is 12.1 Å². The van der Waals surface area contributed by atoms with Gasteiger partial charge < -0.3 is 15.4 Å². The van der Waals surface area contributed by atoms with E-state index in [0.29, 0.717) is 5.69 Å². The summed E-state index contributed by atoms with van der Waals surface area (Å²) in [5.74, 6) is 0.0849. The summed E-state index contributed by atoms with van der Waals surface area (Å²) in [4.78, 5) is 10.8. The van der Waals surface area contributed by atoms with Gasteiger partial charge in [-0.15, -0.1) is 4.91 Å². The molecule has 9 nitrogen and oxygen atoms in total. The third-order valence-electron chi connectivity index (χ3n) is 1.16. The molecule has 0 fully saturated rings. The molecule has 0 spiro atoms. The van der Waals surface area contributed by atoms with Crippen molar-refractivity contribution in [2.45, 2.75) is 0 Å². The van der Waals surface area contributed by atoms with Gasteiger partial charge in [-0.3, -0.25) is 11.1 Å². The summed E-state index contributed by atoms with van der Waals surface area (Å²) in [7, 11) is 0. The Labute approximate surface area is 89.6 Å². The van der Waals surface area contributed by atoms with E-state index in [1.807, 2.05) is 0 Å². The summed E-state index contributed by atoms with van der Waals surface area (Å²) in [6.07, 6.45) is 0. The number of rotatable bonds is 2. The van der Waals surface area contributed by atoms with Crippen LogP contribution in [0.5, 0.6) is 5.75 Å². The summed E-state index contributed by atoms with van der Waals surface area (Å²) in [5.41, 5.74) is 5.64. The van der Waals surface area contributed by atoms with Gasteiger partial charge in [0.2, 0.25) is 0 Å². The zero-order chi connectivity index (χ0) is 12.4. The Hall–Kier alpha value is -2.55. The fourth-order valence-corrected chi connectivity index (χ4v) is 0.635. The molecule has 0 aliphatic carbocycles. The first kappa shape index (κ1) is 13.4. The van der Waals surface area contributed by atoms with Crippen molar-refractivity contribution in [2.75, 3.05) is 0 Å². The van der Waals surface area contributed by atoms with Crippen LogP contribution in [-0.2, 0) is 4.99 Å². The molecule has 16 heavy (non-hydrogen) atoms. The van der Waals surface area contributed by atoms with Crippen LogP contribution < -0.4 is 16.4 Å². The highest BCUT2D eigenvalue weighted by molar-refractivity contribution is 5.71. The Morgan fingerprint density at radius 2 is 1.94 bits per heavy atom. The molecular weight excluding hydrogens is 218 g/mol. The molecule has 0 aliphatic rings. The molecule has 0 radical (unpaired) electrons. The molecule has 0 bridgehead atoms. The van der Waals surface area contributed by atoms with Crippen molar-refractivity contribution in [1.82, 2.24) is 0 Å². The van der Waals surface area contributed by atoms with Crippen molar-refractivity contribution >= 4 is 11.6 Å². The second-order valence-electron chi connectivity index (χ2n) is 2.29. The molecule has 1 aromatic carbocycles. The minimum absolute atomic E-state index is 0.0944.